The van der Waals surface area contributed by atoms with E-state index < -0.39 is 0 Å². The SMILES string of the molecule is Cc1nccn1-c1ccc(CCON)cc1Cl. The van der Waals surface area contributed by atoms with E-state index in [0.29, 0.717) is 11.6 Å². The zero-order valence-corrected chi connectivity index (χ0v) is 10.3. The second-order valence-electron chi connectivity index (χ2n) is 3.75. The molecule has 2 N–H and O–H groups in total. The average molecular weight is 252 g/mol. The van der Waals surface area contributed by atoms with E-state index >= 15 is 0 Å². The van der Waals surface area contributed by atoms with Crippen LogP contribution in [0.1, 0.15) is 11.4 Å². The van der Waals surface area contributed by atoms with Crippen LogP contribution in [0.3, 0.4) is 0 Å². The van der Waals surface area contributed by atoms with Crippen molar-refractivity contribution in [2.75, 3.05) is 6.61 Å². The molecule has 0 bridgehead atoms. The van der Waals surface area contributed by atoms with E-state index in [1.54, 1.807) is 6.20 Å². The van der Waals surface area contributed by atoms with Crippen LogP contribution < -0.4 is 5.90 Å². The number of nitrogens with two attached hydrogens (primary N) is 1. The Bertz CT molecular complexity index is 510. The molecule has 0 fully saturated rings. The third kappa shape index (κ3) is 2.66. The molecular formula is C12H14ClN3O. The van der Waals surface area contributed by atoms with Gasteiger partial charge in [-0.1, -0.05) is 17.7 Å². The summed E-state index contributed by atoms with van der Waals surface area (Å²) in [6, 6.07) is 5.91. The molecule has 0 aliphatic heterocycles. The summed E-state index contributed by atoms with van der Waals surface area (Å²) in [7, 11) is 0. The number of benzene rings is 1. The first-order valence-corrected chi connectivity index (χ1v) is 5.70. The molecule has 5 heteroatoms. The van der Waals surface area contributed by atoms with Crippen molar-refractivity contribution < 1.29 is 4.84 Å². The van der Waals surface area contributed by atoms with Gasteiger partial charge in [-0.05, 0) is 31.0 Å². The highest BCUT2D eigenvalue weighted by Gasteiger charge is 2.06. The van der Waals surface area contributed by atoms with Gasteiger partial charge >= 0.3 is 0 Å². The van der Waals surface area contributed by atoms with Crippen molar-refractivity contribution in [1.29, 1.82) is 0 Å². The third-order valence-corrected chi connectivity index (χ3v) is 2.91. The number of hydrogen-bond acceptors (Lipinski definition) is 3. The molecule has 17 heavy (non-hydrogen) atoms. The minimum atomic E-state index is 0.486. The Morgan fingerprint density at radius 3 is 2.88 bits per heavy atom. The van der Waals surface area contributed by atoms with Gasteiger partial charge in [-0.2, -0.15) is 0 Å². The van der Waals surface area contributed by atoms with Crippen molar-refractivity contribution in [1.82, 2.24) is 9.55 Å². The Morgan fingerprint density at radius 2 is 2.29 bits per heavy atom. The average Bonchev–Trinajstić information content (AvgIpc) is 2.73. The maximum absolute atomic E-state index is 6.25. The normalized spacial score (nSPS) is 10.8. The number of halogens is 1. The topological polar surface area (TPSA) is 53.1 Å². The molecule has 0 aliphatic rings. The molecule has 0 unspecified atom stereocenters. The molecule has 90 valence electrons. The lowest BCUT2D eigenvalue weighted by atomic mass is 10.1. The molecule has 1 aromatic heterocycles. The van der Waals surface area contributed by atoms with Crippen LogP contribution in [-0.4, -0.2) is 16.2 Å². The van der Waals surface area contributed by atoms with E-state index in [1.165, 1.54) is 0 Å². The van der Waals surface area contributed by atoms with Gasteiger partial charge in [-0.25, -0.2) is 10.9 Å². The summed E-state index contributed by atoms with van der Waals surface area (Å²) in [6.45, 7) is 2.42. The number of imidazole rings is 1. The van der Waals surface area contributed by atoms with Gasteiger partial charge in [0.2, 0.25) is 0 Å². The lowest BCUT2D eigenvalue weighted by molar-refractivity contribution is 0.141. The van der Waals surface area contributed by atoms with Crippen molar-refractivity contribution in [2.45, 2.75) is 13.3 Å². The molecule has 0 spiro atoms. The minimum absolute atomic E-state index is 0.486. The van der Waals surface area contributed by atoms with E-state index in [4.69, 9.17) is 17.5 Å². The van der Waals surface area contributed by atoms with Gasteiger partial charge in [-0.15, -0.1) is 0 Å². The van der Waals surface area contributed by atoms with E-state index in [0.717, 1.165) is 23.5 Å². The second-order valence-corrected chi connectivity index (χ2v) is 4.16. The van der Waals surface area contributed by atoms with Gasteiger partial charge in [0.05, 0.1) is 17.3 Å². The van der Waals surface area contributed by atoms with E-state index in [2.05, 4.69) is 9.82 Å². The number of hydrogen-bond donors (Lipinski definition) is 1. The van der Waals surface area contributed by atoms with Crippen LogP contribution in [0.15, 0.2) is 30.6 Å². The Morgan fingerprint density at radius 1 is 1.47 bits per heavy atom. The van der Waals surface area contributed by atoms with Gasteiger partial charge < -0.3 is 9.40 Å². The molecule has 1 aromatic carbocycles. The maximum atomic E-state index is 6.25. The molecule has 0 saturated carbocycles. The number of aryl methyl sites for hydroxylation is 1. The fourth-order valence-corrected chi connectivity index (χ4v) is 2.00. The lowest BCUT2D eigenvalue weighted by Gasteiger charge is -2.09. The van der Waals surface area contributed by atoms with Gasteiger partial charge in [0.1, 0.15) is 5.82 Å². The number of aromatic nitrogens is 2. The maximum Gasteiger partial charge on any atom is 0.110 e. The van der Waals surface area contributed by atoms with Gasteiger partial charge in [0.25, 0.3) is 0 Å². The number of nitrogens with zero attached hydrogens (tertiary/aromatic N) is 2. The molecule has 0 amide bonds. The van der Waals surface area contributed by atoms with Crippen LogP contribution in [0.2, 0.25) is 5.02 Å². The largest absolute Gasteiger partial charge is 0.304 e. The summed E-state index contributed by atoms with van der Waals surface area (Å²) in [5, 5.41) is 0.695. The minimum Gasteiger partial charge on any atom is -0.304 e. The molecule has 2 aromatic rings. The van der Waals surface area contributed by atoms with Crippen LogP contribution in [0.4, 0.5) is 0 Å². The van der Waals surface area contributed by atoms with Crippen LogP contribution in [0.25, 0.3) is 5.69 Å². The first-order chi connectivity index (χ1) is 8.22. The Labute approximate surface area is 105 Å². The van der Waals surface area contributed by atoms with Gasteiger partial charge in [0.15, 0.2) is 0 Å². The van der Waals surface area contributed by atoms with Crippen molar-refractivity contribution >= 4 is 11.6 Å². The molecule has 0 radical (unpaired) electrons. The standard InChI is InChI=1S/C12H14ClN3O/c1-9-15-5-6-16(9)12-3-2-10(4-7-17-14)8-11(12)13/h2-3,5-6,8H,4,7,14H2,1H3. The zero-order chi connectivity index (χ0) is 12.3. The van der Waals surface area contributed by atoms with E-state index in [9.17, 15) is 0 Å². The third-order valence-electron chi connectivity index (χ3n) is 2.61. The van der Waals surface area contributed by atoms with Crippen molar-refractivity contribution in [3.8, 4) is 5.69 Å². The fourth-order valence-electron chi connectivity index (χ4n) is 1.71. The van der Waals surface area contributed by atoms with E-state index in [-0.39, 0.29) is 0 Å². The van der Waals surface area contributed by atoms with E-state index in [1.807, 2.05) is 35.9 Å². The molecule has 0 atom stereocenters. The molecular weight excluding hydrogens is 238 g/mol. The Hall–Kier alpha value is -1.36. The first kappa shape index (κ1) is 12.1. The quantitative estimate of drug-likeness (QED) is 0.848. The predicted octanol–water partition coefficient (Wildman–Crippen LogP) is 2.27. The van der Waals surface area contributed by atoms with Crippen LogP contribution >= 0.6 is 11.6 Å². The highest BCUT2D eigenvalue weighted by molar-refractivity contribution is 6.32. The van der Waals surface area contributed by atoms with Crippen molar-refractivity contribution in [3.63, 3.8) is 0 Å². The second kappa shape index (κ2) is 5.31. The van der Waals surface area contributed by atoms with Crippen LogP contribution in [0.5, 0.6) is 0 Å². The Balaban J connectivity index is 2.29. The highest BCUT2D eigenvalue weighted by Crippen LogP contribution is 2.23. The summed E-state index contributed by atoms with van der Waals surface area (Å²) in [6.07, 6.45) is 4.39. The first-order valence-electron chi connectivity index (χ1n) is 5.33. The smallest absolute Gasteiger partial charge is 0.110 e. The van der Waals surface area contributed by atoms with Gasteiger partial charge in [-0.3, -0.25) is 0 Å². The van der Waals surface area contributed by atoms with Crippen LogP contribution in [-0.2, 0) is 11.3 Å². The van der Waals surface area contributed by atoms with Crippen molar-refractivity contribution in [2.24, 2.45) is 5.90 Å². The summed E-state index contributed by atoms with van der Waals surface area (Å²) in [5.74, 6) is 5.90. The highest BCUT2D eigenvalue weighted by atomic mass is 35.5. The molecule has 1 heterocycles. The summed E-state index contributed by atoms with van der Waals surface area (Å²) in [5.41, 5.74) is 2.03. The predicted molar refractivity (Wildman–Crippen MR) is 67.2 cm³/mol. The molecule has 2 rings (SSSR count). The fraction of sp³-hybridized carbons (Fsp3) is 0.250. The molecule has 0 saturated heterocycles. The Kier molecular flexibility index (Phi) is 3.78. The van der Waals surface area contributed by atoms with Crippen LogP contribution in [0, 0.1) is 6.92 Å². The lowest BCUT2D eigenvalue weighted by Crippen LogP contribution is -2.04. The summed E-state index contributed by atoms with van der Waals surface area (Å²) >= 11 is 6.25. The number of rotatable bonds is 4. The summed E-state index contributed by atoms with van der Waals surface area (Å²) < 4.78 is 1.95. The molecule has 4 nitrogen and oxygen atoms in total. The van der Waals surface area contributed by atoms with Gasteiger partial charge in [0, 0.05) is 12.4 Å². The monoisotopic (exact) mass is 251 g/mol. The summed E-state index contributed by atoms with van der Waals surface area (Å²) in [4.78, 5) is 8.72. The zero-order valence-electron chi connectivity index (χ0n) is 9.56. The molecule has 0 aliphatic carbocycles. The van der Waals surface area contributed by atoms with Crippen molar-refractivity contribution in [3.05, 3.63) is 47.0 Å².